The topological polar surface area (TPSA) is 15.3 Å². The minimum absolute atomic E-state index is 0.386. The van der Waals surface area contributed by atoms with Gasteiger partial charge in [-0.3, -0.25) is 4.90 Å². The van der Waals surface area contributed by atoms with Crippen molar-refractivity contribution in [3.63, 3.8) is 0 Å². The molecule has 0 radical (unpaired) electrons. The van der Waals surface area contributed by atoms with Crippen LogP contribution in [0.3, 0.4) is 0 Å². The number of hydrogen-bond acceptors (Lipinski definition) is 2. The predicted molar refractivity (Wildman–Crippen MR) is 83.4 cm³/mol. The molecule has 112 valence electrons. The summed E-state index contributed by atoms with van der Waals surface area (Å²) in [5.74, 6) is 1.85. The smallest absolute Gasteiger partial charge is 0.0269 e. The first-order valence-corrected chi connectivity index (χ1v) is 8.39. The van der Waals surface area contributed by atoms with E-state index in [1.54, 1.807) is 0 Å². The third-order valence-corrected chi connectivity index (χ3v) is 5.30. The molecule has 1 aliphatic carbocycles. The third kappa shape index (κ3) is 4.19. The van der Waals surface area contributed by atoms with Crippen LogP contribution >= 0.6 is 0 Å². The van der Waals surface area contributed by atoms with Crippen molar-refractivity contribution in [1.29, 1.82) is 0 Å². The molecule has 0 aromatic carbocycles. The fourth-order valence-corrected chi connectivity index (χ4v) is 3.36. The molecular formula is C17H34N2. The molecule has 1 N–H and O–H groups in total. The summed E-state index contributed by atoms with van der Waals surface area (Å²) in [5.41, 5.74) is 0.386. The summed E-state index contributed by atoms with van der Waals surface area (Å²) < 4.78 is 0. The summed E-state index contributed by atoms with van der Waals surface area (Å²) in [5, 5.41) is 3.82. The number of nitrogens with one attached hydrogen (secondary N) is 1. The predicted octanol–water partition coefficient (Wildman–Crippen LogP) is 3.52. The lowest BCUT2D eigenvalue weighted by Crippen LogP contribution is -2.62. The van der Waals surface area contributed by atoms with Crippen LogP contribution in [0.15, 0.2) is 0 Å². The molecule has 1 saturated heterocycles. The van der Waals surface area contributed by atoms with Gasteiger partial charge in [0.05, 0.1) is 0 Å². The van der Waals surface area contributed by atoms with E-state index >= 15 is 0 Å². The highest BCUT2D eigenvalue weighted by Gasteiger charge is 2.37. The molecular weight excluding hydrogens is 232 g/mol. The molecule has 2 fully saturated rings. The Balaban J connectivity index is 1.95. The van der Waals surface area contributed by atoms with Crippen LogP contribution in [-0.2, 0) is 0 Å². The van der Waals surface area contributed by atoms with E-state index < -0.39 is 0 Å². The fraction of sp³-hybridized carbons (Fsp3) is 1.00. The Morgan fingerprint density at radius 2 is 1.95 bits per heavy atom. The average molecular weight is 266 g/mol. The second-order valence-corrected chi connectivity index (χ2v) is 8.01. The Hall–Kier alpha value is -0.0800. The summed E-state index contributed by atoms with van der Waals surface area (Å²) in [7, 11) is 0. The van der Waals surface area contributed by atoms with Gasteiger partial charge in [-0.1, -0.05) is 53.9 Å². The van der Waals surface area contributed by atoms with Crippen LogP contribution in [0.2, 0.25) is 0 Å². The van der Waals surface area contributed by atoms with Crippen LogP contribution in [0, 0.1) is 17.3 Å². The molecule has 3 unspecified atom stereocenters. The van der Waals surface area contributed by atoms with Crippen molar-refractivity contribution >= 4 is 0 Å². The standard InChI is InChI=1S/C17H34N2/c1-6-13(2)15-12-19(10-9-14-7-8-14)16(11-18-15)17(3,4)5/h13-16,18H,6-12H2,1-5H3. The summed E-state index contributed by atoms with van der Waals surface area (Å²) in [6, 6.07) is 1.40. The minimum atomic E-state index is 0.386. The molecule has 1 aliphatic heterocycles. The maximum Gasteiger partial charge on any atom is 0.0269 e. The van der Waals surface area contributed by atoms with E-state index in [1.165, 1.54) is 45.3 Å². The van der Waals surface area contributed by atoms with E-state index in [0.717, 1.165) is 11.8 Å². The SMILES string of the molecule is CCC(C)C1CN(CCC2CC2)C(C(C)(C)C)CN1. The van der Waals surface area contributed by atoms with Crippen molar-refractivity contribution < 1.29 is 0 Å². The van der Waals surface area contributed by atoms with Crippen molar-refractivity contribution in [3.8, 4) is 0 Å². The van der Waals surface area contributed by atoms with Gasteiger partial charge in [0.15, 0.2) is 0 Å². The number of rotatable bonds is 5. The average Bonchev–Trinajstić information content (AvgIpc) is 3.17. The largest absolute Gasteiger partial charge is 0.311 e. The van der Waals surface area contributed by atoms with Gasteiger partial charge in [0.1, 0.15) is 0 Å². The third-order valence-electron chi connectivity index (χ3n) is 5.30. The number of piperazine rings is 1. The molecule has 1 saturated carbocycles. The molecule has 2 rings (SSSR count). The molecule has 0 spiro atoms. The van der Waals surface area contributed by atoms with Crippen molar-refractivity contribution in [3.05, 3.63) is 0 Å². The second-order valence-electron chi connectivity index (χ2n) is 8.01. The van der Waals surface area contributed by atoms with Gasteiger partial charge in [-0.15, -0.1) is 0 Å². The van der Waals surface area contributed by atoms with Crippen molar-refractivity contribution in [2.75, 3.05) is 19.6 Å². The highest BCUT2D eigenvalue weighted by atomic mass is 15.2. The van der Waals surface area contributed by atoms with E-state index in [1.807, 2.05) is 0 Å². The molecule has 2 aliphatic rings. The quantitative estimate of drug-likeness (QED) is 0.819. The summed E-state index contributed by atoms with van der Waals surface area (Å²) in [4.78, 5) is 2.80. The molecule has 2 heteroatoms. The molecule has 0 amide bonds. The normalized spacial score (nSPS) is 31.4. The first-order valence-electron chi connectivity index (χ1n) is 8.39. The van der Waals surface area contributed by atoms with Crippen LogP contribution in [0.25, 0.3) is 0 Å². The van der Waals surface area contributed by atoms with Gasteiger partial charge in [-0.05, 0) is 30.2 Å². The Bertz CT molecular complexity index is 277. The van der Waals surface area contributed by atoms with E-state index in [2.05, 4.69) is 44.8 Å². The lowest BCUT2D eigenvalue weighted by Gasteiger charge is -2.47. The van der Waals surface area contributed by atoms with E-state index in [-0.39, 0.29) is 0 Å². The lowest BCUT2D eigenvalue weighted by atomic mass is 9.82. The zero-order valence-electron chi connectivity index (χ0n) is 13.7. The van der Waals surface area contributed by atoms with Crippen LogP contribution in [0.5, 0.6) is 0 Å². The second kappa shape index (κ2) is 6.13. The maximum absolute atomic E-state index is 3.82. The van der Waals surface area contributed by atoms with Gasteiger partial charge < -0.3 is 5.32 Å². The van der Waals surface area contributed by atoms with E-state index in [4.69, 9.17) is 0 Å². The molecule has 19 heavy (non-hydrogen) atoms. The lowest BCUT2D eigenvalue weighted by molar-refractivity contribution is 0.0421. The van der Waals surface area contributed by atoms with E-state index in [0.29, 0.717) is 17.5 Å². The van der Waals surface area contributed by atoms with Gasteiger partial charge in [-0.25, -0.2) is 0 Å². The van der Waals surface area contributed by atoms with Gasteiger partial charge in [-0.2, -0.15) is 0 Å². The van der Waals surface area contributed by atoms with Crippen molar-refractivity contribution in [2.24, 2.45) is 17.3 Å². The van der Waals surface area contributed by atoms with Gasteiger partial charge in [0, 0.05) is 25.2 Å². The van der Waals surface area contributed by atoms with Crippen LogP contribution < -0.4 is 5.32 Å². The van der Waals surface area contributed by atoms with Crippen LogP contribution in [0.4, 0.5) is 0 Å². The molecule has 2 nitrogen and oxygen atoms in total. The molecule has 0 aromatic rings. The van der Waals surface area contributed by atoms with Crippen molar-refractivity contribution in [2.45, 2.75) is 72.4 Å². The Kier molecular flexibility index (Phi) is 4.94. The number of nitrogens with zero attached hydrogens (tertiary/aromatic N) is 1. The van der Waals surface area contributed by atoms with Gasteiger partial charge in [0.2, 0.25) is 0 Å². The van der Waals surface area contributed by atoms with Crippen molar-refractivity contribution in [1.82, 2.24) is 10.2 Å². The monoisotopic (exact) mass is 266 g/mol. The summed E-state index contributed by atoms with van der Waals surface area (Å²) in [6.45, 7) is 15.6. The molecule has 0 bridgehead atoms. The van der Waals surface area contributed by atoms with E-state index in [9.17, 15) is 0 Å². The maximum atomic E-state index is 3.82. The summed E-state index contributed by atoms with van der Waals surface area (Å²) >= 11 is 0. The van der Waals surface area contributed by atoms with Crippen LogP contribution in [0.1, 0.15) is 60.3 Å². The Morgan fingerprint density at radius 1 is 1.26 bits per heavy atom. The van der Waals surface area contributed by atoms with Crippen LogP contribution in [-0.4, -0.2) is 36.6 Å². The zero-order valence-corrected chi connectivity index (χ0v) is 13.7. The highest BCUT2D eigenvalue weighted by molar-refractivity contribution is 4.94. The Labute approximate surface area is 120 Å². The summed E-state index contributed by atoms with van der Waals surface area (Å²) in [6.07, 6.45) is 5.69. The molecule has 0 aromatic heterocycles. The Morgan fingerprint density at radius 3 is 2.47 bits per heavy atom. The first-order chi connectivity index (χ1) is 8.91. The molecule has 1 heterocycles. The molecule has 3 atom stereocenters. The highest BCUT2D eigenvalue weighted by Crippen LogP contribution is 2.34. The van der Waals surface area contributed by atoms with Gasteiger partial charge >= 0.3 is 0 Å². The minimum Gasteiger partial charge on any atom is -0.311 e. The fourth-order valence-electron chi connectivity index (χ4n) is 3.36. The first kappa shape index (κ1) is 15.3. The zero-order chi connectivity index (χ0) is 14.0. The van der Waals surface area contributed by atoms with Gasteiger partial charge in [0.25, 0.3) is 0 Å². The number of hydrogen-bond donors (Lipinski definition) is 1.